The zero-order valence-corrected chi connectivity index (χ0v) is 10.2. The van der Waals surface area contributed by atoms with Gasteiger partial charge in [-0.3, -0.25) is 4.79 Å². The topological polar surface area (TPSA) is 64.4 Å². The number of benzene rings is 1. The minimum atomic E-state index is -0.886. The van der Waals surface area contributed by atoms with Gasteiger partial charge in [0.05, 0.1) is 29.5 Å². The Morgan fingerprint density at radius 1 is 1.37 bits per heavy atom. The number of carbonyl (C=O) groups is 1. The number of hydrogen-bond acceptors (Lipinski definition) is 3. The predicted octanol–water partition coefficient (Wildman–Crippen LogP) is 1.60. The number of fused-ring (bicyclic) bond motifs is 2. The van der Waals surface area contributed by atoms with Gasteiger partial charge in [-0.15, -0.1) is 0 Å². The monoisotopic (exact) mass is 268 g/mol. The number of nitrogens with two attached hydrogens (primary N) is 1. The highest BCUT2D eigenvalue weighted by Crippen LogP contribution is 2.34. The summed E-state index contributed by atoms with van der Waals surface area (Å²) in [4.78, 5) is 12.0. The van der Waals surface area contributed by atoms with E-state index >= 15 is 0 Å². The number of nitrogens with one attached hydrogen (secondary N) is 1. The van der Waals surface area contributed by atoms with Crippen LogP contribution < -0.4 is 11.1 Å². The largest absolute Gasteiger partial charge is 0.396 e. The fraction of sp³-hybridized carbons (Fsp3) is 0.462. The second-order valence-corrected chi connectivity index (χ2v) is 5.05. The summed E-state index contributed by atoms with van der Waals surface area (Å²) >= 11 is 0. The molecule has 6 heteroatoms. The van der Waals surface area contributed by atoms with Crippen LogP contribution in [0.4, 0.5) is 14.5 Å². The molecule has 1 aromatic carbocycles. The number of anilines is 1. The van der Waals surface area contributed by atoms with Crippen molar-refractivity contribution in [3.8, 4) is 0 Å². The fourth-order valence-electron chi connectivity index (χ4n) is 2.81. The fourth-order valence-corrected chi connectivity index (χ4v) is 2.81. The SMILES string of the molecule is Nc1cc(F)cc(C(=O)NC2CC3CCC2O3)c1F. The second kappa shape index (κ2) is 4.45. The molecule has 2 aliphatic rings. The molecule has 0 spiro atoms. The smallest absolute Gasteiger partial charge is 0.254 e. The zero-order chi connectivity index (χ0) is 13.6. The van der Waals surface area contributed by atoms with Gasteiger partial charge in [0.2, 0.25) is 0 Å². The number of nitrogen functional groups attached to an aromatic ring is 1. The molecule has 0 aliphatic carbocycles. The van der Waals surface area contributed by atoms with Crippen molar-refractivity contribution in [2.24, 2.45) is 0 Å². The van der Waals surface area contributed by atoms with E-state index in [0.717, 1.165) is 31.4 Å². The molecule has 2 fully saturated rings. The number of amides is 1. The molecule has 3 N–H and O–H groups in total. The summed E-state index contributed by atoms with van der Waals surface area (Å²) in [6.07, 6.45) is 2.78. The maximum atomic E-state index is 13.7. The molecular weight excluding hydrogens is 254 g/mol. The molecule has 2 aliphatic heterocycles. The summed E-state index contributed by atoms with van der Waals surface area (Å²) in [7, 11) is 0. The molecule has 1 aromatic rings. The lowest BCUT2D eigenvalue weighted by atomic mass is 9.95. The zero-order valence-electron chi connectivity index (χ0n) is 10.2. The van der Waals surface area contributed by atoms with E-state index in [4.69, 9.17) is 10.5 Å². The third kappa shape index (κ3) is 2.16. The second-order valence-electron chi connectivity index (χ2n) is 5.05. The Kier molecular flexibility index (Phi) is 2.89. The molecule has 2 heterocycles. The van der Waals surface area contributed by atoms with Gasteiger partial charge in [0.25, 0.3) is 5.91 Å². The first-order valence-corrected chi connectivity index (χ1v) is 6.25. The van der Waals surface area contributed by atoms with Crippen molar-refractivity contribution in [3.63, 3.8) is 0 Å². The Morgan fingerprint density at radius 2 is 2.16 bits per heavy atom. The number of halogens is 2. The molecule has 0 saturated carbocycles. The lowest BCUT2D eigenvalue weighted by Crippen LogP contribution is -2.41. The van der Waals surface area contributed by atoms with Crippen LogP contribution in [0.15, 0.2) is 12.1 Å². The molecule has 0 aromatic heterocycles. The van der Waals surface area contributed by atoms with E-state index < -0.39 is 17.5 Å². The molecule has 3 unspecified atom stereocenters. The number of carbonyl (C=O) groups excluding carboxylic acids is 1. The molecular formula is C13H14F2N2O2. The van der Waals surface area contributed by atoms with E-state index in [1.54, 1.807) is 0 Å². The maximum Gasteiger partial charge on any atom is 0.254 e. The van der Waals surface area contributed by atoms with Gasteiger partial charge in [-0.25, -0.2) is 8.78 Å². The third-order valence-corrected chi connectivity index (χ3v) is 3.73. The molecule has 4 nitrogen and oxygen atoms in total. The van der Waals surface area contributed by atoms with Gasteiger partial charge in [0, 0.05) is 0 Å². The highest BCUT2D eigenvalue weighted by Gasteiger charge is 2.41. The van der Waals surface area contributed by atoms with E-state index in [9.17, 15) is 13.6 Å². The van der Waals surface area contributed by atoms with Crippen molar-refractivity contribution in [1.29, 1.82) is 0 Å². The molecule has 3 rings (SSSR count). The maximum absolute atomic E-state index is 13.7. The molecule has 1 amide bonds. The highest BCUT2D eigenvalue weighted by molar-refractivity contribution is 5.95. The summed E-state index contributed by atoms with van der Waals surface area (Å²) in [5.74, 6) is -2.26. The van der Waals surface area contributed by atoms with Crippen LogP contribution in [0, 0.1) is 11.6 Å². The van der Waals surface area contributed by atoms with Crippen LogP contribution >= 0.6 is 0 Å². The van der Waals surface area contributed by atoms with E-state index in [1.165, 1.54) is 0 Å². The van der Waals surface area contributed by atoms with E-state index in [-0.39, 0.29) is 29.5 Å². The molecule has 102 valence electrons. The van der Waals surface area contributed by atoms with Crippen molar-refractivity contribution in [3.05, 3.63) is 29.3 Å². The van der Waals surface area contributed by atoms with Crippen LogP contribution in [-0.4, -0.2) is 24.2 Å². The number of rotatable bonds is 2. The van der Waals surface area contributed by atoms with Crippen LogP contribution in [0.2, 0.25) is 0 Å². The molecule has 19 heavy (non-hydrogen) atoms. The Morgan fingerprint density at radius 3 is 2.79 bits per heavy atom. The van der Waals surface area contributed by atoms with Crippen molar-refractivity contribution < 1.29 is 18.3 Å². The van der Waals surface area contributed by atoms with Crippen LogP contribution in [0.1, 0.15) is 29.6 Å². The predicted molar refractivity (Wildman–Crippen MR) is 64.5 cm³/mol. The van der Waals surface area contributed by atoms with Gasteiger partial charge in [0.15, 0.2) is 5.82 Å². The Balaban J connectivity index is 1.77. The summed E-state index contributed by atoms with van der Waals surface area (Å²) in [5, 5.41) is 2.70. The average Bonchev–Trinajstić information content (AvgIpc) is 2.95. The number of hydrogen-bond donors (Lipinski definition) is 2. The van der Waals surface area contributed by atoms with Crippen molar-refractivity contribution >= 4 is 11.6 Å². The normalized spacial score (nSPS) is 28.6. The summed E-state index contributed by atoms with van der Waals surface area (Å²) in [6, 6.07) is 1.58. The minimum absolute atomic E-state index is 0.0112. The van der Waals surface area contributed by atoms with E-state index in [1.807, 2.05) is 0 Å². The first-order chi connectivity index (χ1) is 9.04. The molecule has 3 atom stereocenters. The molecule has 0 radical (unpaired) electrons. The van der Waals surface area contributed by atoms with Gasteiger partial charge in [0.1, 0.15) is 5.82 Å². The Bertz CT molecular complexity index is 536. The van der Waals surface area contributed by atoms with Gasteiger partial charge < -0.3 is 15.8 Å². The van der Waals surface area contributed by atoms with Gasteiger partial charge >= 0.3 is 0 Å². The molecule has 2 saturated heterocycles. The first kappa shape index (κ1) is 12.3. The van der Waals surface area contributed by atoms with Gasteiger partial charge in [-0.1, -0.05) is 0 Å². The van der Waals surface area contributed by atoms with Gasteiger partial charge in [-0.05, 0) is 31.4 Å². The third-order valence-electron chi connectivity index (χ3n) is 3.73. The Labute approximate surface area is 108 Å². The quantitative estimate of drug-likeness (QED) is 0.801. The first-order valence-electron chi connectivity index (χ1n) is 6.25. The summed E-state index contributed by atoms with van der Waals surface area (Å²) < 4.78 is 32.5. The van der Waals surface area contributed by atoms with Crippen LogP contribution in [-0.2, 0) is 4.74 Å². The summed E-state index contributed by atoms with van der Waals surface area (Å²) in [6.45, 7) is 0. The average molecular weight is 268 g/mol. The molecule has 2 bridgehead atoms. The standard InChI is InChI=1S/C13H14F2N2O2/c14-6-3-8(12(15)9(16)4-6)13(18)17-10-5-7-1-2-11(10)19-7/h3-4,7,10-11H,1-2,5,16H2,(H,17,18). The van der Waals surface area contributed by atoms with Crippen LogP contribution in [0.25, 0.3) is 0 Å². The van der Waals surface area contributed by atoms with Crippen molar-refractivity contribution in [1.82, 2.24) is 5.32 Å². The lowest BCUT2D eigenvalue weighted by Gasteiger charge is -2.20. The van der Waals surface area contributed by atoms with Crippen molar-refractivity contribution in [2.75, 3.05) is 5.73 Å². The van der Waals surface area contributed by atoms with Gasteiger partial charge in [-0.2, -0.15) is 0 Å². The summed E-state index contributed by atoms with van der Waals surface area (Å²) in [5.41, 5.74) is 4.58. The van der Waals surface area contributed by atoms with Crippen LogP contribution in [0.3, 0.4) is 0 Å². The van der Waals surface area contributed by atoms with Crippen LogP contribution in [0.5, 0.6) is 0 Å². The highest BCUT2D eigenvalue weighted by atomic mass is 19.1. The van der Waals surface area contributed by atoms with Crippen molar-refractivity contribution in [2.45, 2.75) is 37.5 Å². The van der Waals surface area contributed by atoms with E-state index in [2.05, 4.69) is 5.32 Å². The lowest BCUT2D eigenvalue weighted by molar-refractivity contribution is 0.0838. The van der Waals surface area contributed by atoms with E-state index in [0.29, 0.717) is 0 Å². The Hall–Kier alpha value is -1.69. The number of ether oxygens (including phenoxy) is 1. The minimum Gasteiger partial charge on any atom is -0.396 e.